The first-order chi connectivity index (χ1) is 10.0. The van der Waals surface area contributed by atoms with Gasteiger partial charge in [-0.2, -0.15) is 0 Å². The average molecular weight is 290 g/mol. The lowest BCUT2D eigenvalue weighted by Crippen LogP contribution is -2.54. The Bertz CT molecular complexity index is 455. The molecule has 1 amide bonds. The van der Waals surface area contributed by atoms with Crippen LogP contribution < -0.4 is 5.73 Å². The second-order valence-electron chi connectivity index (χ2n) is 6.09. The highest BCUT2D eigenvalue weighted by Crippen LogP contribution is 2.21. The maximum absolute atomic E-state index is 12.3. The van der Waals surface area contributed by atoms with Gasteiger partial charge in [-0.25, -0.2) is 0 Å². The Labute approximate surface area is 127 Å². The molecule has 1 aromatic rings. The lowest BCUT2D eigenvalue weighted by atomic mass is 10.0. The number of carbonyl (C=O) groups is 1. The van der Waals surface area contributed by atoms with Crippen LogP contribution in [0.3, 0.4) is 0 Å². The predicted octanol–water partition coefficient (Wildman–Crippen LogP) is 1.27. The van der Waals surface area contributed by atoms with E-state index in [-0.39, 0.29) is 17.9 Å². The van der Waals surface area contributed by atoms with E-state index >= 15 is 0 Å². The van der Waals surface area contributed by atoms with Gasteiger partial charge < -0.3 is 10.6 Å². The molecule has 1 aromatic heterocycles. The molecular weight excluding hydrogens is 264 g/mol. The third kappa shape index (κ3) is 3.80. The van der Waals surface area contributed by atoms with Crippen molar-refractivity contribution in [3.63, 3.8) is 0 Å². The fourth-order valence-corrected chi connectivity index (χ4v) is 2.66. The largest absolute Gasteiger partial charge is 0.339 e. The van der Waals surface area contributed by atoms with Crippen LogP contribution in [0.15, 0.2) is 24.5 Å². The molecule has 1 aliphatic heterocycles. The predicted molar refractivity (Wildman–Crippen MR) is 83.6 cm³/mol. The van der Waals surface area contributed by atoms with E-state index in [1.165, 1.54) is 5.56 Å². The van der Waals surface area contributed by atoms with Gasteiger partial charge in [-0.3, -0.25) is 14.7 Å². The fraction of sp³-hybridized carbons (Fsp3) is 0.625. The molecule has 0 radical (unpaired) electrons. The van der Waals surface area contributed by atoms with Gasteiger partial charge in [-0.1, -0.05) is 19.9 Å². The highest BCUT2D eigenvalue weighted by Gasteiger charge is 2.28. The molecule has 2 N–H and O–H groups in total. The monoisotopic (exact) mass is 290 g/mol. The second-order valence-corrected chi connectivity index (χ2v) is 6.09. The van der Waals surface area contributed by atoms with Crippen molar-refractivity contribution in [1.82, 2.24) is 14.8 Å². The highest BCUT2D eigenvalue weighted by atomic mass is 16.2. The van der Waals surface area contributed by atoms with Gasteiger partial charge in [0.1, 0.15) is 0 Å². The Morgan fingerprint density at radius 1 is 1.24 bits per heavy atom. The molecule has 1 fully saturated rings. The third-order valence-corrected chi connectivity index (χ3v) is 4.34. The number of rotatable bonds is 4. The Hall–Kier alpha value is -1.46. The minimum Gasteiger partial charge on any atom is -0.339 e. The molecule has 0 aliphatic carbocycles. The maximum atomic E-state index is 12.3. The molecule has 0 spiro atoms. The zero-order chi connectivity index (χ0) is 15.4. The van der Waals surface area contributed by atoms with Crippen LogP contribution in [-0.2, 0) is 4.79 Å². The van der Waals surface area contributed by atoms with Crippen molar-refractivity contribution in [1.29, 1.82) is 0 Å². The summed E-state index contributed by atoms with van der Waals surface area (Å²) in [5.41, 5.74) is 7.18. The summed E-state index contributed by atoms with van der Waals surface area (Å²) in [4.78, 5) is 20.7. The number of carbonyl (C=O) groups excluding carboxylic acids is 1. The summed E-state index contributed by atoms with van der Waals surface area (Å²) in [6.45, 7) is 9.44. The quantitative estimate of drug-likeness (QED) is 0.907. The van der Waals surface area contributed by atoms with Gasteiger partial charge in [-0.05, 0) is 24.5 Å². The van der Waals surface area contributed by atoms with Crippen LogP contribution >= 0.6 is 0 Å². The topological polar surface area (TPSA) is 62.5 Å². The zero-order valence-electron chi connectivity index (χ0n) is 13.2. The number of piperazine rings is 1. The molecule has 0 bridgehead atoms. The van der Waals surface area contributed by atoms with E-state index < -0.39 is 0 Å². The summed E-state index contributed by atoms with van der Waals surface area (Å²) in [6, 6.07) is 4.01. The molecule has 0 aromatic carbocycles. The molecule has 5 nitrogen and oxygen atoms in total. The van der Waals surface area contributed by atoms with Crippen molar-refractivity contribution in [2.75, 3.05) is 26.2 Å². The zero-order valence-corrected chi connectivity index (χ0v) is 13.2. The van der Waals surface area contributed by atoms with Crippen LogP contribution in [0.1, 0.15) is 32.4 Å². The lowest BCUT2D eigenvalue weighted by molar-refractivity contribution is -0.135. The van der Waals surface area contributed by atoms with E-state index in [9.17, 15) is 4.79 Å². The Morgan fingerprint density at radius 3 is 2.43 bits per heavy atom. The van der Waals surface area contributed by atoms with Crippen molar-refractivity contribution < 1.29 is 4.79 Å². The van der Waals surface area contributed by atoms with Crippen LogP contribution in [0.25, 0.3) is 0 Å². The van der Waals surface area contributed by atoms with E-state index in [0.29, 0.717) is 6.04 Å². The lowest BCUT2D eigenvalue weighted by Gasteiger charge is -2.39. The Balaban J connectivity index is 1.90. The van der Waals surface area contributed by atoms with Crippen molar-refractivity contribution in [2.24, 2.45) is 11.7 Å². The third-order valence-electron chi connectivity index (χ3n) is 4.34. The van der Waals surface area contributed by atoms with E-state index in [2.05, 4.69) is 22.9 Å². The van der Waals surface area contributed by atoms with E-state index in [4.69, 9.17) is 5.73 Å². The van der Waals surface area contributed by atoms with Gasteiger partial charge in [0.25, 0.3) is 0 Å². The normalized spacial score (nSPS) is 19.6. The summed E-state index contributed by atoms with van der Waals surface area (Å²) < 4.78 is 0. The summed E-state index contributed by atoms with van der Waals surface area (Å²) in [7, 11) is 0. The van der Waals surface area contributed by atoms with Crippen LogP contribution in [0.4, 0.5) is 0 Å². The van der Waals surface area contributed by atoms with Crippen LogP contribution in [0, 0.1) is 5.92 Å². The SMILES string of the molecule is CC(C)[C@H](N)C(=O)N1CCN(C(C)c2cccnc2)CC1. The molecule has 1 unspecified atom stereocenters. The number of hydrogen-bond donors (Lipinski definition) is 1. The first-order valence-electron chi connectivity index (χ1n) is 7.69. The number of nitrogens with zero attached hydrogens (tertiary/aromatic N) is 3. The minimum atomic E-state index is -0.382. The van der Waals surface area contributed by atoms with Crippen molar-refractivity contribution in [3.05, 3.63) is 30.1 Å². The van der Waals surface area contributed by atoms with Gasteiger partial charge >= 0.3 is 0 Å². The molecule has 2 atom stereocenters. The molecule has 2 heterocycles. The fourth-order valence-electron chi connectivity index (χ4n) is 2.66. The maximum Gasteiger partial charge on any atom is 0.239 e. The summed E-state index contributed by atoms with van der Waals surface area (Å²) >= 11 is 0. The first kappa shape index (κ1) is 15.9. The van der Waals surface area contributed by atoms with Crippen LogP contribution in [-0.4, -0.2) is 52.9 Å². The van der Waals surface area contributed by atoms with Crippen molar-refractivity contribution >= 4 is 5.91 Å². The molecule has 2 rings (SSSR count). The standard InChI is InChI=1S/C16H26N4O/c1-12(2)15(17)16(21)20-9-7-19(8-10-20)13(3)14-5-4-6-18-11-14/h4-6,11-13,15H,7-10,17H2,1-3H3/t13?,15-/m0/s1. The number of aromatic nitrogens is 1. The van der Waals surface area contributed by atoms with E-state index in [1.54, 1.807) is 6.20 Å². The van der Waals surface area contributed by atoms with Gasteiger partial charge in [-0.15, -0.1) is 0 Å². The molecule has 5 heteroatoms. The number of nitrogens with two attached hydrogens (primary N) is 1. The summed E-state index contributed by atoms with van der Waals surface area (Å²) in [5.74, 6) is 0.267. The average Bonchev–Trinajstić information content (AvgIpc) is 2.53. The minimum absolute atomic E-state index is 0.0821. The molecule has 0 saturated carbocycles. The van der Waals surface area contributed by atoms with Crippen molar-refractivity contribution in [3.8, 4) is 0 Å². The Kier molecular flexibility index (Phi) is 5.31. The number of amides is 1. The molecule has 1 aliphatic rings. The summed E-state index contributed by atoms with van der Waals surface area (Å²) in [5, 5.41) is 0. The number of hydrogen-bond acceptors (Lipinski definition) is 4. The van der Waals surface area contributed by atoms with E-state index in [1.807, 2.05) is 31.0 Å². The molecule has 21 heavy (non-hydrogen) atoms. The van der Waals surface area contributed by atoms with Crippen LogP contribution in [0.5, 0.6) is 0 Å². The van der Waals surface area contributed by atoms with Crippen LogP contribution in [0.2, 0.25) is 0 Å². The van der Waals surface area contributed by atoms with E-state index in [0.717, 1.165) is 26.2 Å². The second kappa shape index (κ2) is 7.00. The van der Waals surface area contributed by atoms with Gasteiger partial charge in [0.15, 0.2) is 0 Å². The Morgan fingerprint density at radius 2 is 1.90 bits per heavy atom. The van der Waals surface area contributed by atoms with Crippen molar-refractivity contribution in [2.45, 2.75) is 32.9 Å². The summed E-state index contributed by atoms with van der Waals surface area (Å²) in [6.07, 6.45) is 3.71. The van der Waals surface area contributed by atoms with Gasteiger partial charge in [0.05, 0.1) is 6.04 Å². The highest BCUT2D eigenvalue weighted by molar-refractivity contribution is 5.82. The smallest absolute Gasteiger partial charge is 0.239 e. The number of pyridine rings is 1. The van der Waals surface area contributed by atoms with Gasteiger partial charge in [0.2, 0.25) is 5.91 Å². The molecule has 116 valence electrons. The first-order valence-corrected chi connectivity index (χ1v) is 7.69. The molecular formula is C16H26N4O. The van der Waals surface area contributed by atoms with Gasteiger partial charge in [0, 0.05) is 44.6 Å². The molecule has 1 saturated heterocycles.